The van der Waals surface area contributed by atoms with Crippen LogP contribution >= 0.6 is 0 Å². The summed E-state index contributed by atoms with van der Waals surface area (Å²) in [4.78, 5) is 10.5. The van der Waals surface area contributed by atoms with Crippen LogP contribution in [0, 0.1) is 0 Å². The Morgan fingerprint density at radius 3 is 2.20 bits per heavy atom. The van der Waals surface area contributed by atoms with Crippen molar-refractivity contribution >= 4 is 6.03 Å². The standard InChI is InChI=1S/C13H21N3O4/c1-18-10-7-12(20-3)11(19-2)6-9(10)8-15-4-5-16-13(14)17/h6-7,15H,4-5,8H2,1-3H3,(H3,14,16,17). The molecule has 0 spiro atoms. The summed E-state index contributed by atoms with van der Waals surface area (Å²) in [6, 6.07) is 3.10. The molecule has 0 fully saturated rings. The Morgan fingerprint density at radius 1 is 1.05 bits per heavy atom. The highest BCUT2D eigenvalue weighted by Crippen LogP contribution is 2.34. The van der Waals surface area contributed by atoms with Crippen molar-refractivity contribution in [3.8, 4) is 17.2 Å². The first kappa shape index (κ1) is 15.9. The highest BCUT2D eigenvalue weighted by atomic mass is 16.5. The molecule has 0 aromatic heterocycles. The molecule has 0 aliphatic carbocycles. The number of amides is 2. The van der Waals surface area contributed by atoms with Crippen LogP contribution in [0.25, 0.3) is 0 Å². The summed E-state index contributed by atoms with van der Waals surface area (Å²) in [6.45, 7) is 1.63. The van der Waals surface area contributed by atoms with Crippen LogP contribution in [0.3, 0.4) is 0 Å². The lowest BCUT2D eigenvalue weighted by molar-refractivity contribution is 0.249. The second-order valence-electron chi connectivity index (χ2n) is 3.99. The van der Waals surface area contributed by atoms with E-state index >= 15 is 0 Å². The average molecular weight is 283 g/mol. The highest BCUT2D eigenvalue weighted by Gasteiger charge is 2.11. The van der Waals surface area contributed by atoms with Gasteiger partial charge in [0.1, 0.15) is 5.75 Å². The minimum Gasteiger partial charge on any atom is -0.496 e. The zero-order valence-corrected chi connectivity index (χ0v) is 12.0. The number of ether oxygens (including phenoxy) is 3. The molecule has 1 aromatic carbocycles. The monoisotopic (exact) mass is 283 g/mol. The van der Waals surface area contributed by atoms with Gasteiger partial charge in [-0.1, -0.05) is 0 Å². The lowest BCUT2D eigenvalue weighted by Crippen LogP contribution is -2.35. The molecule has 1 rings (SSSR count). The predicted molar refractivity (Wildman–Crippen MR) is 75.4 cm³/mol. The van der Waals surface area contributed by atoms with E-state index in [0.29, 0.717) is 36.9 Å². The van der Waals surface area contributed by atoms with E-state index in [1.165, 1.54) is 0 Å². The molecule has 112 valence electrons. The molecule has 0 saturated carbocycles. The number of methoxy groups -OCH3 is 3. The van der Waals surface area contributed by atoms with Gasteiger partial charge in [0.15, 0.2) is 11.5 Å². The second kappa shape index (κ2) is 8.11. The number of nitrogens with two attached hydrogens (primary N) is 1. The Balaban J connectivity index is 2.66. The van der Waals surface area contributed by atoms with E-state index in [4.69, 9.17) is 19.9 Å². The zero-order valence-electron chi connectivity index (χ0n) is 12.0. The van der Waals surface area contributed by atoms with Crippen LogP contribution in [-0.4, -0.2) is 40.5 Å². The summed E-state index contributed by atoms with van der Waals surface area (Å²) in [7, 11) is 4.75. The molecule has 20 heavy (non-hydrogen) atoms. The van der Waals surface area contributed by atoms with Gasteiger partial charge in [-0.2, -0.15) is 0 Å². The van der Waals surface area contributed by atoms with Crippen LogP contribution in [0.4, 0.5) is 4.79 Å². The first-order chi connectivity index (χ1) is 9.62. The number of nitrogens with one attached hydrogen (secondary N) is 2. The Hall–Kier alpha value is -2.15. The Labute approximate surface area is 118 Å². The third-order valence-corrected chi connectivity index (χ3v) is 2.70. The van der Waals surface area contributed by atoms with E-state index in [1.807, 2.05) is 6.07 Å². The largest absolute Gasteiger partial charge is 0.496 e. The van der Waals surface area contributed by atoms with Gasteiger partial charge in [-0.05, 0) is 6.07 Å². The number of rotatable bonds is 8. The van der Waals surface area contributed by atoms with Crippen molar-refractivity contribution in [1.29, 1.82) is 0 Å². The number of carbonyl (C=O) groups excluding carboxylic acids is 1. The molecule has 4 N–H and O–H groups in total. The van der Waals surface area contributed by atoms with Crippen LogP contribution in [0.15, 0.2) is 12.1 Å². The highest BCUT2D eigenvalue weighted by molar-refractivity contribution is 5.71. The summed E-state index contributed by atoms with van der Waals surface area (Å²) >= 11 is 0. The average Bonchev–Trinajstić information content (AvgIpc) is 2.45. The maximum atomic E-state index is 10.5. The van der Waals surface area contributed by atoms with Crippen LogP contribution in [0.2, 0.25) is 0 Å². The van der Waals surface area contributed by atoms with Crippen molar-refractivity contribution in [1.82, 2.24) is 10.6 Å². The van der Waals surface area contributed by atoms with Gasteiger partial charge in [-0.15, -0.1) is 0 Å². The van der Waals surface area contributed by atoms with Crippen LogP contribution < -0.4 is 30.6 Å². The van der Waals surface area contributed by atoms with E-state index in [1.54, 1.807) is 27.4 Å². The van der Waals surface area contributed by atoms with Gasteiger partial charge in [0.05, 0.1) is 21.3 Å². The Morgan fingerprint density at radius 2 is 1.65 bits per heavy atom. The Bertz CT molecular complexity index is 451. The summed E-state index contributed by atoms with van der Waals surface area (Å²) in [5.74, 6) is 1.96. The van der Waals surface area contributed by atoms with Crippen molar-refractivity contribution in [2.24, 2.45) is 5.73 Å². The fraction of sp³-hybridized carbons (Fsp3) is 0.462. The van der Waals surface area contributed by atoms with Gasteiger partial charge in [-0.25, -0.2) is 4.79 Å². The predicted octanol–water partition coefficient (Wildman–Crippen LogP) is 0.470. The molecule has 2 amide bonds. The molecule has 0 bridgehead atoms. The summed E-state index contributed by atoms with van der Waals surface area (Å²) < 4.78 is 15.8. The van der Waals surface area contributed by atoms with Crippen molar-refractivity contribution in [3.63, 3.8) is 0 Å². The molecule has 0 aliphatic rings. The van der Waals surface area contributed by atoms with Crippen molar-refractivity contribution in [2.45, 2.75) is 6.54 Å². The van der Waals surface area contributed by atoms with Gasteiger partial charge in [-0.3, -0.25) is 0 Å². The summed E-state index contributed by atoms with van der Waals surface area (Å²) in [5, 5.41) is 5.68. The number of urea groups is 1. The first-order valence-corrected chi connectivity index (χ1v) is 6.15. The number of hydrogen-bond donors (Lipinski definition) is 3. The smallest absolute Gasteiger partial charge is 0.312 e. The summed E-state index contributed by atoms with van der Waals surface area (Å²) in [5.41, 5.74) is 5.91. The molecule has 7 nitrogen and oxygen atoms in total. The van der Waals surface area contributed by atoms with Crippen LogP contribution in [0.1, 0.15) is 5.56 Å². The van der Waals surface area contributed by atoms with E-state index in [2.05, 4.69) is 10.6 Å². The fourth-order valence-corrected chi connectivity index (χ4v) is 1.73. The molecule has 1 aromatic rings. The SMILES string of the molecule is COc1cc(OC)c(OC)cc1CNCCNC(N)=O. The van der Waals surface area contributed by atoms with Gasteiger partial charge in [0.2, 0.25) is 0 Å². The maximum Gasteiger partial charge on any atom is 0.312 e. The molecule has 0 radical (unpaired) electrons. The van der Waals surface area contributed by atoms with Gasteiger partial charge in [0, 0.05) is 31.3 Å². The van der Waals surface area contributed by atoms with Crippen LogP contribution in [-0.2, 0) is 6.54 Å². The minimum atomic E-state index is -0.532. The molecule has 0 unspecified atom stereocenters. The van der Waals surface area contributed by atoms with E-state index in [9.17, 15) is 4.79 Å². The van der Waals surface area contributed by atoms with E-state index < -0.39 is 6.03 Å². The number of benzene rings is 1. The minimum absolute atomic E-state index is 0.463. The number of carbonyl (C=O) groups is 1. The van der Waals surface area contributed by atoms with Gasteiger partial charge < -0.3 is 30.6 Å². The normalized spacial score (nSPS) is 9.95. The molecule has 0 atom stereocenters. The second-order valence-corrected chi connectivity index (χ2v) is 3.99. The maximum absolute atomic E-state index is 10.5. The summed E-state index contributed by atoms with van der Waals surface area (Å²) in [6.07, 6.45) is 0. The fourth-order valence-electron chi connectivity index (χ4n) is 1.73. The third-order valence-electron chi connectivity index (χ3n) is 2.70. The van der Waals surface area contributed by atoms with E-state index in [0.717, 1.165) is 5.56 Å². The van der Waals surface area contributed by atoms with Gasteiger partial charge >= 0.3 is 6.03 Å². The van der Waals surface area contributed by atoms with Crippen molar-refractivity contribution < 1.29 is 19.0 Å². The first-order valence-electron chi connectivity index (χ1n) is 6.15. The zero-order chi connectivity index (χ0) is 15.0. The van der Waals surface area contributed by atoms with Gasteiger partial charge in [0.25, 0.3) is 0 Å². The lowest BCUT2D eigenvalue weighted by Gasteiger charge is -2.14. The molecule has 7 heteroatoms. The number of primary amides is 1. The van der Waals surface area contributed by atoms with Crippen molar-refractivity contribution in [3.05, 3.63) is 17.7 Å². The third kappa shape index (κ3) is 4.51. The van der Waals surface area contributed by atoms with Crippen LogP contribution in [0.5, 0.6) is 17.2 Å². The molecule has 0 saturated heterocycles. The molecular formula is C13H21N3O4. The molecule has 0 aliphatic heterocycles. The molecule has 0 heterocycles. The molecular weight excluding hydrogens is 262 g/mol. The Kier molecular flexibility index (Phi) is 6.45. The lowest BCUT2D eigenvalue weighted by atomic mass is 10.1. The topological polar surface area (TPSA) is 94.8 Å². The number of hydrogen-bond acceptors (Lipinski definition) is 5. The quantitative estimate of drug-likeness (QED) is 0.603. The van der Waals surface area contributed by atoms with Crippen molar-refractivity contribution in [2.75, 3.05) is 34.4 Å². The van der Waals surface area contributed by atoms with E-state index in [-0.39, 0.29) is 0 Å².